The van der Waals surface area contributed by atoms with E-state index in [-0.39, 0.29) is 22.0 Å². The van der Waals surface area contributed by atoms with Crippen LogP contribution in [0.5, 0.6) is 0 Å². The van der Waals surface area contributed by atoms with Gasteiger partial charge in [-0.05, 0) is 36.4 Å². The van der Waals surface area contributed by atoms with E-state index < -0.39 is 10.0 Å². The number of benzene rings is 2. The van der Waals surface area contributed by atoms with Gasteiger partial charge >= 0.3 is 0 Å². The van der Waals surface area contributed by atoms with E-state index >= 15 is 0 Å². The maximum absolute atomic E-state index is 12.6. The van der Waals surface area contributed by atoms with E-state index in [9.17, 15) is 18.0 Å². The first-order valence-electron chi connectivity index (χ1n) is 7.38. The molecule has 0 atom stereocenters. The van der Waals surface area contributed by atoms with Crippen LogP contribution in [0.15, 0.2) is 64.3 Å². The highest BCUT2D eigenvalue weighted by atomic mass is 32.2. The minimum Gasteiger partial charge on any atom is -0.355 e. The van der Waals surface area contributed by atoms with Crippen LogP contribution in [0.25, 0.3) is 10.9 Å². The zero-order chi connectivity index (χ0) is 18.0. The van der Waals surface area contributed by atoms with Crippen LogP contribution in [0.2, 0.25) is 0 Å². The van der Waals surface area contributed by atoms with Crippen molar-refractivity contribution in [2.24, 2.45) is 0 Å². The Kier molecular flexibility index (Phi) is 4.28. The minimum atomic E-state index is -3.87. The summed E-state index contributed by atoms with van der Waals surface area (Å²) in [5, 5.41) is 3.17. The van der Waals surface area contributed by atoms with Gasteiger partial charge in [0.2, 0.25) is 5.56 Å². The quantitative estimate of drug-likeness (QED) is 0.660. The Balaban J connectivity index is 1.98. The number of sulfonamides is 1. The summed E-state index contributed by atoms with van der Waals surface area (Å²) < 4.78 is 27.6. The van der Waals surface area contributed by atoms with Crippen LogP contribution in [-0.4, -0.2) is 26.4 Å². The summed E-state index contributed by atoms with van der Waals surface area (Å²) in [5.41, 5.74) is 0.705. The topological polar surface area (TPSA) is 108 Å². The average molecular weight is 357 g/mol. The highest BCUT2D eigenvalue weighted by Gasteiger charge is 2.16. The smallest absolute Gasteiger partial charge is 0.261 e. The Morgan fingerprint density at radius 1 is 1.00 bits per heavy atom. The number of aromatic nitrogens is 1. The number of para-hydroxylation sites is 1. The number of aromatic amines is 1. The maximum Gasteiger partial charge on any atom is 0.261 e. The number of carbonyl (C=O) groups is 1. The van der Waals surface area contributed by atoms with Crippen LogP contribution >= 0.6 is 0 Å². The molecule has 0 aliphatic rings. The third-order valence-electron chi connectivity index (χ3n) is 3.66. The van der Waals surface area contributed by atoms with E-state index in [1.54, 1.807) is 24.3 Å². The van der Waals surface area contributed by atoms with E-state index in [4.69, 9.17) is 0 Å². The minimum absolute atomic E-state index is 0.00966. The predicted octanol–water partition coefficient (Wildman–Crippen LogP) is 1.69. The summed E-state index contributed by atoms with van der Waals surface area (Å²) in [7, 11) is -2.37. The SMILES string of the molecule is CNC(=O)c1ccc(S(=O)(=O)Nc2cccc3ccc(=O)[nH]c23)cc1. The number of anilines is 1. The van der Waals surface area contributed by atoms with Gasteiger partial charge in [-0.1, -0.05) is 12.1 Å². The van der Waals surface area contributed by atoms with Gasteiger partial charge in [0.15, 0.2) is 0 Å². The van der Waals surface area contributed by atoms with Crippen molar-refractivity contribution in [3.05, 3.63) is 70.5 Å². The zero-order valence-corrected chi connectivity index (χ0v) is 14.1. The predicted molar refractivity (Wildman–Crippen MR) is 95.2 cm³/mol. The molecule has 128 valence electrons. The van der Waals surface area contributed by atoms with Crippen LogP contribution in [0.4, 0.5) is 5.69 Å². The van der Waals surface area contributed by atoms with Gasteiger partial charge < -0.3 is 10.3 Å². The fourth-order valence-electron chi connectivity index (χ4n) is 2.40. The highest BCUT2D eigenvalue weighted by molar-refractivity contribution is 7.92. The lowest BCUT2D eigenvalue weighted by atomic mass is 10.2. The summed E-state index contributed by atoms with van der Waals surface area (Å²) >= 11 is 0. The molecule has 0 unspecified atom stereocenters. The molecule has 3 rings (SSSR count). The third-order valence-corrected chi connectivity index (χ3v) is 5.04. The van der Waals surface area contributed by atoms with Gasteiger partial charge in [0, 0.05) is 24.1 Å². The maximum atomic E-state index is 12.6. The van der Waals surface area contributed by atoms with Crippen molar-refractivity contribution in [1.82, 2.24) is 10.3 Å². The molecule has 0 aliphatic heterocycles. The Morgan fingerprint density at radius 3 is 2.40 bits per heavy atom. The fraction of sp³-hybridized carbons (Fsp3) is 0.0588. The number of hydrogen-bond acceptors (Lipinski definition) is 4. The molecule has 7 nitrogen and oxygen atoms in total. The van der Waals surface area contributed by atoms with Gasteiger partial charge in [0.1, 0.15) is 0 Å². The monoisotopic (exact) mass is 357 g/mol. The lowest BCUT2D eigenvalue weighted by molar-refractivity contribution is 0.0963. The van der Waals surface area contributed by atoms with Gasteiger partial charge in [-0.3, -0.25) is 14.3 Å². The number of hydrogen-bond donors (Lipinski definition) is 3. The van der Waals surface area contributed by atoms with Crippen molar-refractivity contribution in [2.45, 2.75) is 4.90 Å². The van der Waals surface area contributed by atoms with Gasteiger partial charge in [-0.2, -0.15) is 0 Å². The Morgan fingerprint density at radius 2 is 1.72 bits per heavy atom. The molecule has 3 N–H and O–H groups in total. The molecular formula is C17H15N3O4S. The third kappa shape index (κ3) is 3.38. The van der Waals surface area contributed by atoms with Crippen molar-refractivity contribution in [3.63, 3.8) is 0 Å². The Hall–Kier alpha value is -3.13. The van der Waals surface area contributed by atoms with Gasteiger partial charge in [-0.15, -0.1) is 0 Å². The molecule has 0 fully saturated rings. The second kappa shape index (κ2) is 6.40. The molecule has 1 heterocycles. The molecule has 1 amide bonds. The second-order valence-electron chi connectivity index (χ2n) is 5.30. The molecule has 0 saturated carbocycles. The molecule has 25 heavy (non-hydrogen) atoms. The molecule has 2 aromatic carbocycles. The van der Waals surface area contributed by atoms with Crippen LogP contribution in [0.3, 0.4) is 0 Å². The molecule has 3 aromatic rings. The summed E-state index contributed by atoms with van der Waals surface area (Å²) in [6.45, 7) is 0. The molecule has 1 aromatic heterocycles. The lowest BCUT2D eigenvalue weighted by Crippen LogP contribution is -2.18. The first-order chi connectivity index (χ1) is 11.9. The number of pyridine rings is 1. The normalized spacial score (nSPS) is 11.2. The number of fused-ring (bicyclic) bond motifs is 1. The summed E-state index contributed by atoms with van der Waals surface area (Å²) in [5.74, 6) is -0.302. The number of rotatable bonds is 4. The second-order valence-corrected chi connectivity index (χ2v) is 6.98. The largest absolute Gasteiger partial charge is 0.355 e. The number of H-pyrrole nitrogens is 1. The van der Waals surface area contributed by atoms with E-state index in [2.05, 4.69) is 15.0 Å². The Bertz CT molecular complexity index is 1100. The fourth-order valence-corrected chi connectivity index (χ4v) is 3.47. The van der Waals surface area contributed by atoms with E-state index in [0.717, 1.165) is 0 Å². The van der Waals surface area contributed by atoms with Crippen molar-refractivity contribution >= 4 is 32.5 Å². The molecule has 0 aliphatic carbocycles. The Labute approximate surface area is 143 Å². The number of amides is 1. The summed E-state index contributed by atoms with van der Waals surface area (Å²) in [4.78, 5) is 25.7. The van der Waals surface area contributed by atoms with E-state index in [1.165, 1.54) is 37.4 Å². The zero-order valence-electron chi connectivity index (χ0n) is 13.2. The van der Waals surface area contributed by atoms with Crippen LogP contribution in [-0.2, 0) is 10.0 Å². The molecule has 8 heteroatoms. The molecule has 0 saturated heterocycles. The molecule has 0 radical (unpaired) electrons. The van der Waals surface area contributed by atoms with E-state index in [0.29, 0.717) is 16.5 Å². The molecular weight excluding hydrogens is 342 g/mol. The molecule has 0 spiro atoms. The summed E-state index contributed by atoms with van der Waals surface area (Å²) in [6, 6.07) is 13.6. The highest BCUT2D eigenvalue weighted by Crippen LogP contribution is 2.23. The van der Waals surface area contributed by atoms with Crippen molar-refractivity contribution in [1.29, 1.82) is 0 Å². The number of nitrogens with one attached hydrogen (secondary N) is 3. The number of carbonyl (C=O) groups excluding carboxylic acids is 1. The average Bonchev–Trinajstić information content (AvgIpc) is 2.61. The lowest BCUT2D eigenvalue weighted by Gasteiger charge is -2.11. The van der Waals surface area contributed by atoms with Gasteiger partial charge in [0.05, 0.1) is 16.1 Å². The standard InChI is InChI=1S/C17H15N3O4S/c1-18-17(22)12-5-8-13(9-6-12)25(23,24)20-14-4-2-3-11-7-10-15(21)19-16(11)14/h2-10,20H,1H3,(H,18,22)(H,19,21). The van der Waals surface area contributed by atoms with Crippen LogP contribution < -0.4 is 15.6 Å². The van der Waals surface area contributed by atoms with Gasteiger partial charge in [0.25, 0.3) is 15.9 Å². The van der Waals surface area contributed by atoms with Crippen molar-refractivity contribution in [3.8, 4) is 0 Å². The van der Waals surface area contributed by atoms with Gasteiger partial charge in [-0.25, -0.2) is 8.42 Å². The summed E-state index contributed by atoms with van der Waals surface area (Å²) in [6.07, 6.45) is 0. The molecule has 0 bridgehead atoms. The first-order valence-corrected chi connectivity index (χ1v) is 8.86. The van der Waals surface area contributed by atoms with Crippen molar-refractivity contribution in [2.75, 3.05) is 11.8 Å². The van der Waals surface area contributed by atoms with Crippen LogP contribution in [0.1, 0.15) is 10.4 Å². The van der Waals surface area contributed by atoms with E-state index in [1.807, 2.05) is 0 Å². The van der Waals surface area contributed by atoms with Crippen LogP contribution in [0, 0.1) is 0 Å². The van der Waals surface area contributed by atoms with Crippen molar-refractivity contribution < 1.29 is 13.2 Å². The first kappa shape index (κ1) is 16.7.